The molecule has 0 saturated heterocycles. The Balaban J connectivity index is 1.49. The second-order valence-electron chi connectivity index (χ2n) is 7.71. The molecule has 30 heavy (non-hydrogen) atoms. The van der Waals surface area contributed by atoms with E-state index in [0.29, 0.717) is 0 Å². The van der Waals surface area contributed by atoms with Gasteiger partial charge in [-0.05, 0) is 49.7 Å². The van der Waals surface area contributed by atoms with Crippen LogP contribution in [-0.2, 0) is 0 Å². The van der Waals surface area contributed by atoms with Crippen molar-refractivity contribution in [3.05, 3.63) is 66.5 Å². The Kier molecular flexibility index (Phi) is 3.82. The van der Waals surface area contributed by atoms with Gasteiger partial charge in [-0.3, -0.25) is 10.1 Å². The van der Waals surface area contributed by atoms with E-state index in [-0.39, 0.29) is 0 Å². The van der Waals surface area contributed by atoms with Gasteiger partial charge in [0.1, 0.15) is 5.69 Å². The van der Waals surface area contributed by atoms with E-state index in [4.69, 9.17) is 0 Å². The summed E-state index contributed by atoms with van der Waals surface area (Å²) in [5.74, 6) is 0. The molecule has 0 aliphatic carbocycles. The number of nitrogens with zero attached hydrogens (tertiary/aromatic N) is 4. The largest absolute Gasteiger partial charge is 0.353 e. The first-order valence-corrected chi connectivity index (χ1v) is 10.1. The normalized spacial score (nSPS) is 14.5. The number of hydrogen-bond donors (Lipinski definition) is 3. The zero-order chi connectivity index (χ0) is 20.1. The molecule has 0 fully saturated rings. The Morgan fingerprint density at radius 3 is 2.87 bits per heavy atom. The zero-order valence-corrected chi connectivity index (χ0v) is 16.6. The van der Waals surface area contributed by atoms with E-state index < -0.39 is 0 Å². The average molecular weight is 395 g/mol. The molecule has 0 unspecified atom stereocenters. The second kappa shape index (κ2) is 6.67. The van der Waals surface area contributed by atoms with Gasteiger partial charge in [-0.25, -0.2) is 4.98 Å². The third-order valence-electron chi connectivity index (χ3n) is 5.73. The molecule has 7 nitrogen and oxygen atoms in total. The number of H-pyrrole nitrogens is 2. The summed E-state index contributed by atoms with van der Waals surface area (Å²) in [5, 5.41) is 13.3. The summed E-state index contributed by atoms with van der Waals surface area (Å²) in [7, 11) is 0. The van der Waals surface area contributed by atoms with Gasteiger partial charge in [0, 0.05) is 29.0 Å². The molecule has 0 spiro atoms. The van der Waals surface area contributed by atoms with Crippen LogP contribution in [0.3, 0.4) is 0 Å². The highest BCUT2D eigenvalue weighted by Gasteiger charge is 2.16. The van der Waals surface area contributed by atoms with Crippen LogP contribution in [0.15, 0.2) is 55.1 Å². The summed E-state index contributed by atoms with van der Waals surface area (Å²) in [6.07, 6.45) is 8.99. The van der Waals surface area contributed by atoms with Gasteiger partial charge in [-0.1, -0.05) is 12.1 Å². The highest BCUT2D eigenvalue weighted by molar-refractivity contribution is 5.98. The minimum Gasteiger partial charge on any atom is -0.353 e. The van der Waals surface area contributed by atoms with Crippen LogP contribution < -0.4 is 5.32 Å². The summed E-state index contributed by atoms with van der Waals surface area (Å²) in [6, 6.07) is 10.6. The van der Waals surface area contributed by atoms with E-state index in [9.17, 15) is 0 Å². The van der Waals surface area contributed by atoms with Gasteiger partial charge >= 0.3 is 0 Å². The van der Waals surface area contributed by atoms with Gasteiger partial charge in [0.05, 0.1) is 40.8 Å². The van der Waals surface area contributed by atoms with Crippen molar-refractivity contribution in [3.63, 3.8) is 0 Å². The molecule has 0 amide bonds. The van der Waals surface area contributed by atoms with Crippen molar-refractivity contribution >= 4 is 27.4 Å². The summed E-state index contributed by atoms with van der Waals surface area (Å²) in [4.78, 5) is 12.6. The number of pyridine rings is 1. The lowest BCUT2D eigenvalue weighted by Crippen LogP contribution is -2.20. The minimum absolute atomic E-state index is 0.895. The van der Waals surface area contributed by atoms with E-state index in [0.717, 1.165) is 69.8 Å². The standard InChI is InChI=1S/C23H21N7/c1-14-12-30(13-26-14)22-4-2-3-18-16(22)9-20(27-18)23-17-10-19(15-5-7-24-8-6-15)25-11-21(17)28-29-23/h2-5,9-13,24,27H,6-8H2,1H3,(H,28,29). The second-order valence-corrected chi connectivity index (χ2v) is 7.71. The van der Waals surface area contributed by atoms with Crippen LogP contribution in [-0.4, -0.2) is 42.8 Å². The third-order valence-corrected chi connectivity index (χ3v) is 5.73. The fourth-order valence-electron chi connectivity index (χ4n) is 4.20. The van der Waals surface area contributed by atoms with E-state index in [1.807, 2.05) is 25.6 Å². The third kappa shape index (κ3) is 2.74. The number of fused-ring (bicyclic) bond motifs is 2. The smallest absolute Gasteiger partial charge is 0.116 e. The van der Waals surface area contributed by atoms with Gasteiger partial charge in [-0.15, -0.1) is 0 Å². The fraction of sp³-hybridized carbons (Fsp3) is 0.174. The molecule has 0 radical (unpaired) electrons. The Labute approximate surface area is 172 Å². The predicted octanol–water partition coefficient (Wildman–Crippen LogP) is 3.98. The van der Waals surface area contributed by atoms with Gasteiger partial charge in [0.15, 0.2) is 0 Å². The maximum absolute atomic E-state index is 4.65. The summed E-state index contributed by atoms with van der Waals surface area (Å²) in [6.45, 7) is 3.88. The molecule has 7 heteroatoms. The number of nitrogens with one attached hydrogen (secondary N) is 3. The van der Waals surface area contributed by atoms with Crippen molar-refractivity contribution in [1.29, 1.82) is 0 Å². The number of aryl methyl sites for hydroxylation is 1. The fourth-order valence-corrected chi connectivity index (χ4v) is 4.20. The van der Waals surface area contributed by atoms with E-state index in [1.54, 1.807) is 0 Å². The number of aromatic nitrogens is 6. The van der Waals surface area contributed by atoms with Gasteiger partial charge in [0.2, 0.25) is 0 Å². The van der Waals surface area contributed by atoms with E-state index in [1.165, 1.54) is 5.57 Å². The number of imidazole rings is 1. The summed E-state index contributed by atoms with van der Waals surface area (Å²) < 4.78 is 2.06. The SMILES string of the molecule is Cc1cn(-c2cccc3[nH]c(-c4n[nH]c5cnc(C6=CCNCC6)cc45)cc23)cn1. The van der Waals surface area contributed by atoms with Gasteiger partial charge < -0.3 is 14.9 Å². The lowest BCUT2D eigenvalue weighted by atomic mass is 10.0. The summed E-state index contributed by atoms with van der Waals surface area (Å²) in [5.41, 5.74) is 8.30. The molecule has 1 aliphatic heterocycles. The quantitative estimate of drug-likeness (QED) is 0.431. The van der Waals surface area contributed by atoms with Crippen molar-refractivity contribution in [2.45, 2.75) is 13.3 Å². The van der Waals surface area contributed by atoms with Crippen LogP contribution in [0.4, 0.5) is 0 Å². The molecular formula is C23H21N7. The Morgan fingerprint density at radius 2 is 2.03 bits per heavy atom. The van der Waals surface area contributed by atoms with Crippen LogP contribution in [0.2, 0.25) is 0 Å². The van der Waals surface area contributed by atoms with E-state index in [2.05, 4.69) is 71.4 Å². The first kappa shape index (κ1) is 17.2. The number of rotatable bonds is 3. The topological polar surface area (TPSA) is 87.2 Å². The van der Waals surface area contributed by atoms with E-state index >= 15 is 0 Å². The lowest BCUT2D eigenvalue weighted by molar-refractivity contribution is 0.737. The van der Waals surface area contributed by atoms with Crippen molar-refractivity contribution in [3.8, 4) is 17.1 Å². The first-order chi connectivity index (χ1) is 14.8. The maximum atomic E-state index is 4.65. The monoisotopic (exact) mass is 395 g/mol. The number of aromatic amines is 2. The van der Waals surface area contributed by atoms with Gasteiger partial charge in [-0.2, -0.15) is 5.10 Å². The number of benzene rings is 1. The van der Waals surface area contributed by atoms with Crippen molar-refractivity contribution in [2.75, 3.05) is 13.1 Å². The lowest BCUT2D eigenvalue weighted by Gasteiger charge is -2.13. The average Bonchev–Trinajstić information content (AvgIpc) is 3.51. The molecule has 5 heterocycles. The van der Waals surface area contributed by atoms with Crippen LogP contribution in [0.5, 0.6) is 0 Å². The van der Waals surface area contributed by atoms with Crippen molar-refractivity contribution < 1.29 is 0 Å². The van der Waals surface area contributed by atoms with Crippen molar-refractivity contribution in [1.82, 2.24) is 35.0 Å². The molecule has 6 rings (SSSR count). The van der Waals surface area contributed by atoms with Crippen LogP contribution >= 0.6 is 0 Å². The van der Waals surface area contributed by atoms with Crippen LogP contribution in [0, 0.1) is 6.92 Å². The maximum Gasteiger partial charge on any atom is 0.116 e. The molecule has 1 aromatic carbocycles. The predicted molar refractivity (Wildman–Crippen MR) is 119 cm³/mol. The molecule has 0 saturated carbocycles. The molecule has 148 valence electrons. The Morgan fingerprint density at radius 1 is 1.07 bits per heavy atom. The van der Waals surface area contributed by atoms with Crippen LogP contribution in [0.1, 0.15) is 17.8 Å². The zero-order valence-electron chi connectivity index (χ0n) is 16.6. The molecule has 3 N–H and O–H groups in total. The molecule has 1 aliphatic rings. The Hall–Kier alpha value is -3.71. The van der Waals surface area contributed by atoms with Crippen LogP contribution in [0.25, 0.3) is 44.5 Å². The molecule has 4 aromatic heterocycles. The molecule has 5 aromatic rings. The molecule has 0 atom stereocenters. The highest BCUT2D eigenvalue weighted by Crippen LogP contribution is 2.32. The molecular weight excluding hydrogens is 374 g/mol. The first-order valence-electron chi connectivity index (χ1n) is 10.1. The van der Waals surface area contributed by atoms with Crippen molar-refractivity contribution in [2.24, 2.45) is 0 Å². The summed E-state index contributed by atoms with van der Waals surface area (Å²) >= 11 is 0. The van der Waals surface area contributed by atoms with Gasteiger partial charge in [0.25, 0.3) is 0 Å². The highest BCUT2D eigenvalue weighted by atomic mass is 15.1. The minimum atomic E-state index is 0.895. The molecule has 0 bridgehead atoms. The number of hydrogen-bond acceptors (Lipinski definition) is 4. The Bertz CT molecular complexity index is 1420.